The predicted octanol–water partition coefficient (Wildman–Crippen LogP) is 2.86. The maximum Gasteiger partial charge on any atom is 0.307 e. The molecule has 13 heteroatoms. The molecule has 1 aromatic heterocycles. The number of rotatable bonds is 12. The maximum atomic E-state index is 12.4. The van der Waals surface area contributed by atoms with Gasteiger partial charge in [-0.25, -0.2) is 10.9 Å². The van der Waals surface area contributed by atoms with Crippen molar-refractivity contribution in [2.45, 2.75) is 0 Å². The van der Waals surface area contributed by atoms with Crippen LogP contribution < -0.4 is 39.3 Å². The summed E-state index contributed by atoms with van der Waals surface area (Å²) in [6.07, 6.45) is 2.73. The van der Waals surface area contributed by atoms with Crippen LogP contribution in [0.4, 0.5) is 0 Å². The zero-order valence-corrected chi connectivity index (χ0v) is 22.2. The molecule has 39 heavy (non-hydrogen) atoms. The van der Waals surface area contributed by atoms with Gasteiger partial charge in [0, 0.05) is 11.1 Å². The highest BCUT2D eigenvalue weighted by atomic mass is 16.5. The van der Waals surface area contributed by atoms with E-state index in [0.29, 0.717) is 45.6 Å². The van der Waals surface area contributed by atoms with E-state index >= 15 is 0 Å². The van der Waals surface area contributed by atoms with Crippen molar-refractivity contribution in [3.05, 3.63) is 59.0 Å². The number of hydrogen-bond acceptors (Lipinski definition) is 11. The van der Waals surface area contributed by atoms with E-state index in [0.717, 1.165) is 0 Å². The quantitative estimate of drug-likeness (QED) is 0.261. The summed E-state index contributed by atoms with van der Waals surface area (Å²) in [6.45, 7) is 0. The predicted molar refractivity (Wildman–Crippen MR) is 141 cm³/mol. The van der Waals surface area contributed by atoms with Crippen LogP contribution in [0.3, 0.4) is 0 Å². The highest BCUT2D eigenvalue weighted by Crippen LogP contribution is 2.39. The van der Waals surface area contributed by atoms with Crippen molar-refractivity contribution < 1.29 is 42.4 Å². The Labute approximate surface area is 224 Å². The Kier molecular flexibility index (Phi) is 9.73. The first kappa shape index (κ1) is 28.4. The minimum atomic E-state index is -0.677. The molecule has 0 bridgehead atoms. The topological polar surface area (TPSA) is 151 Å². The van der Waals surface area contributed by atoms with Gasteiger partial charge < -0.3 is 32.8 Å². The Balaban J connectivity index is 1.65. The lowest BCUT2D eigenvalue weighted by Crippen LogP contribution is -2.18. The Bertz CT molecular complexity index is 1280. The number of ether oxygens (including phenoxy) is 6. The molecular formula is C26H28N4O9. The first-order chi connectivity index (χ1) is 18.9. The summed E-state index contributed by atoms with van der Waals surface area (Å²) < 4.78 is 37.2. The van der Waals surface area contributed by atoms with Crippen molar-refractivity contribution in [2.24, 2.45) is 10.2 Å². The molecule has 0 spiro atoms. The smallest absolute Gasteiger partial charge is 0.307 e. The fourth-order valence-corrected chi connectivity index (χ4v) is 3.47. The highest BCUT2D eigenvalue weighted by Gasteiger charge is 2.18. The summed E-state index contributed by atoms with van der Waals surface area (Å²) in [7, 11) is 8.91. The molecule has 1 heterocycles. The standard InChI is InChI=1S/C26H28N4O9/c1-33-17-9-7-15(21(35-3)23(17)37-5)13-27-29-25(31)19-11-12-20(39-19)26(32)30-28-14-16-8-10-18(34-2)24(38-6)22(16)36-4/h7-14H,1-6H3,(H,29,31)(H,30,32). The van der Waals surface area contributed by atoms with Crippen molar-refractivity contribution in [3.63, 3.8) is 0 Å². The number of hydrogen-bond donors (Lipinski definition) is 2. The summed E-state index contributed by atoms with van der Waals surface area (Å²) in [5, 5.41) is 7.84. The van der Waals surface area contributed by atoms with Crippen LogP contribution in [-0.2, 0) is 0 Å². The summed E-state index contributed by atoms with van der Waals surface area (Å²) in [6, 6.07) is 9.37. The van der Waals surface area contributed by atoms with Gasteiger partial charge in [0.15, 0.2) is 34.5 Å². The number of carbonyl (C=O) groups excluding carboxylic acids is 2. The molecule has 0 saturated heterocycles. The molecule has 13 nitrogen and oxygen atoms in total. The van der Waals surface area contributed by atoms with Crippen molar-refractivity contribution in [1.29, 1.82) is 0 Å². The normalized spacial score (nSPS) is 10.8. The Morgan fingerprint density at radius 3 is 1.31 bits per heavy atom. The van der Waals surface area contributed by atoms with E-state index < -0.39 is 11.8 Å². The van der Waals surface area contributed by atoms with Crippen molar-refractivity contribution in [1.82, 2.24) is 10.9 Å². The van der Waals surface area contributed by atoms with Gasteiger partial charge in [-0.3, -0.25) is 9.59 Å². The second kappa shape index (κ2) is 13.4. The third-order valence-electron chi connectivity index (χ3n) is 5.26. The number of furan rings is 1. The largest absolute Gasteiger partial charge is 0.493 e. The number of nitrogens with one attached hydrogen (secondary N) is 2. The van der Waals surface area contributed by atoms with Crippen molar-refractivity contribution in [3.8, 4) is 34.5 Å². The minimum absolute atomic E-state index is 0.137. The molecule has 0 aliphatic rings. The van der Waals surface area contributed by atoms with E-state index in [1.807, 2.05) is 0 Å². The van der Waals surface area contributed by atoms with E-state index in [-0.39, 0.29) is 11.5 Å². The molecule has 0 saturated carbocycles. The fourth-order valence-electron chi connectivity index (χ4n) is 3.47. The molecule has 2 aromatic carbocycles. The molecule has 0 aliphatic heterocycles. The molecule has 0 aliphatic carbocycles. The zero-order valence-electron chi connectivity index (χ0n) is 22.2. The van der Waals surface area contributed by atoms with E-state index in [9.17, 15) is 9.59 Å². The third-order valence-corrected chi connectivity index (χ3v) is 5.26. The highest BCUT2D eigenvalue weighted by molar-refractivity contribution is 5.97. The Hall–Kier alpha value is -5.20. The van der Waals surface area contributed by atoms with Crippen LogP contribution in [-0.4, -0.2) is 66.9 Å². The average molecular weight is 541 g/mol. The van der Waals surface area contributed by atoms with E-state index in [1.54, 1.807) is 24.3 Å². The minimum Gasteiger partial charge on any atom is -0.493 e. The number of nitrogens with zero attached hydrogens (tertiary/aromatic N) is 2. The molecule has 206 valence electrons. The first-order valence-corrected chi connectivity index (χ1v) is 11.3. The van der Waals surface area contributed by atoms with Crippen molar-refractivity contribution in [2.75, 3.05) is 42.7 Å². The van der Waals surface area contributed by atoms with Gasteiger partial charge in [0.2, 0.25) is 11.5 Å². The van der Waals surface area contributed by atoms with Crippen LogP contribution in [0.25, 0.3) is 0 Å². The zero-order chi connectivity index (χ0) is 28.4. The van der Waals surface area contributed by atoms with Crippen LogP contribution in [0, 0.1) is 0 Å². The average Bonchev–Trinajstić information content (AvgIpc) is 3.46. The van der Waals surface area contributed by atoms with Gasteiger partial charge in [-0.15, -0.1) is 0 Å². The molecule has 0 radical (unpaired) electrons. The summed E-state index contributed by atoms with van der Waals surface area (Å²) >= 11 is 0. The van der Waals surface area contributed by atoms with Gasteiger partial charge in [0.1, 0.15) is 0 Å². The van der Waals surface area contributed by atoms with E-state index in [2.05, 4.69) is 21.1 Å². The van der Waals surface area contributed by atoms with Crippen LogP contribution in [0.1, 0.15) is 32.2 Å². The number of amides is 2. The molecule has 2 amide bonds. The summed E-state index contributed by atoms with van der Waals surface area (Å²) in [5.41, 5.74) is 5.71. The second-order valence-corrected chi connectivity index (χ2v) is 7.41. The molecular weight excluding hydrogens is 512 g/mol. The van der Waals surface area contributed by atoms with Crippen LogP contribution in [0.15, 0.2) is 51.0 Å². The number of methoxy groups -OCH3 is 6. The third kappa shape index (κ3) is 6.39. The molecule has 3 rings (SSSR count). The second-order valence-electron chi connectivity index (χ2n) is 7.41. The molecule has 2 N–H and O–H groups in total. The monoisotopic (exact) mass is 540 g/mol. The SMILES string of the molecule is COc1ccc(C=NNC(=O)c2ccc(C(=O)NN=Cc3ccc(OC)c(OC)c3OC)o2)c(OC)c1OC. The molecule has 0 unspecified atom stereocenters. The molecule has 0 atom stereocenters. The lowest BCUT2D eigenvalue weighted by Gasteiger charge is -2.13. The number of hydrazone groups is 2. The molecule has 3 aromatic rings. The van der Waals surface area contributed by atoms with Gasteiger partial charge >= 0.3 is 11.8 Å². The summed E-state index contributed by atoms with van der Waals surface area (Å²) in [4.78, 5) is 24.9. The van der Waals surface area contributed by atoms with Gasteiger partial charge in [-0.1, -0.05) is 0 Å². The molecule has 0 fully saturated rings. The summed E-state index contributed by atoms with van der Waals surface area (Å²) in [5.74, 6) is 0.827. The number of benzene rings is 2. The Morgan fingerprint density at radius 2 is 0.974 bits per heavy atom. The van der Waals surface area contributed by atoms with Gasteiger partial charge in [0.05, 0.1) is 55.1 Å². The van der Waals surface area contributed by atoms with Crippen LogP contribution in [0.2, 0.25) is 0 Å². The lowest BCUT2D eigenvalue weighted by molar-refractivity contribution is 0.0902. The van der Waals surface area contributed by atoms with Gasteiger partial charge in [0.25, 0.3) is 0 Å². The van der Waals surface area contributed by atoms with Gasteiger partial charge in [-0.2, -0.15) is 10.2 Å². The van der Waals surface area contributed by atoms with Crippen LogP contribution >= 0.6 is 0 Å². The van der Waals surface area contributed by atoms with E-state index in [1.165, 1.54) is 67.2 Å². The lowest BCUT2D eigenvalue weighted by atomic mass is 10.2. The Morgan fingerprint density at radius 1 is 0.590 bits per heavy atom. The van der Waals surface area contributed by atoms with Crippen molar-refractivity contribution >= 4 is 24.2 Å². The number of carbonyl (C=O) groups is 2. The van der Waals surface area contributed by atoms with E-state index in [4.69, 9.17) is 32.8 Å². The van der Waals surface area contributed by atoms with Crippen LogP contribution in [0.5, 0.6) is 34.5 Å². The maximum absolute atomic E-state index is 12.4. The van der Waals surface area contributed by atoms with Gasteiger partial charge in [-0.05, 0) is 36.4 Å². The first-order valence-electron chi connectivity index (χ1n) is 11.3. The fraction of sp³-hybridized carbons (Fsp3) is 0.231.